The van der Waals surface area contributed by atoms with Gasteiger partial charge in [-0.15, -0.1) is 0 Å². The molecular formula is C23H28N2O3S. The second kappa shape index (κ2) is 7.82. The predicted octanol–water partition coefficient (Wildman–Crippen LogP) is 3.80. The number of aryl methyl sites for hydroxylation is 2. The molecule has 2 fully saturated rings. The lowest BCUT2D eigenvalue weighted by atomic mass is 9.95. The fourth-order valence-electron chi connectivity index (χ4n) is 4.78. The number of hydrogen-bond donors (Lipinski definition) is 1. The van der Waals surface area contributed by atoms with Crippen molar-refractivity contribution in [2.75, 3.05) is 10.8 Å². The molecule has 4 rings (SSSR count). The Morgan fingerprint density at radius 2 is 1.76 bits per heavy atom. The highest BCUT2D eigenvalue weighted by atomic mass is 32.2. The summed E-state index contributed by atoms with van der Waals surface area (Å²) in [6.45, 7) is 3.56. The molecule has 3 atom stereocenters. The summed E-state index contributed by atoms with van der Waals surface area (Å²) in [4.78, 5) is 13.1. The fourth-order valence-corrected chi connectivity index (χ4v) is 6.27. The summed E-state index contributed by atoms with van der Waals surface area (Å²) in [6, 6.07) is 14.2. The van der Waals surface area contributed by atoms with Gasteiger partial charge in [0.15, 0.2) is 0 Å². The molecular weight excluding hydrogens is 384 g/mol. The molecule has 2 saturated carbocycles. The summed E-state index contributed by atoms with van der Waals surface area (Å²) in [5.74, 6) is 1.03. The molecule has 2 aromatic rings. The molecule has 0 spiro atoms. The molecule has 6 heteroatoms. The van der Waals surface area contributed by atoms with Crippen molar-refractivity contribution in [1.82, 2.24) is 5.32 Å². The first-order valence-corrected chi connectivity index (χ1v) is 11.7. The normalized spacial score (nSPS) is 23.2. The van der Waals surface area contributed by atoms with Gasteiger partial charge in [-0.1, -0.05) is 42.3 Å². The van der Waals surface area contributed by atoms with E-state index in [1.807, 2.05) is 26.0 Å². The molecule has 154 valence electrons. The minimum Gasteiger partial charge on any atom is -0.352 e. The monoisotopic (exact) mass is 412 g/mol. The number of nitrogens with one attached hydrogen (secondary N) is 1. The summed E-state index contributed by atoms with van der Waals surface area (Å²) >= 11 is 0. The van der Waals surface area contributed by atoms with E-state index in [2.05, 4.69) is 5.32 Å². The maximum absolute atomic E-state index is 13.4. The average Bonchev–Trinajstić information content (AvgIpc) is 3.30. The van der Waals surface area contributed by atoms with Gasteiger partial charge in [0.1, 0.15) is 6.54 Å². The first-order valence-electron chi connectivity index (χ1n) is 10.3. The molecule has 0 radical (unpaired) electrons. The van der Waals surface area contributed by atoms with Crippen LogP contribution in [0.25, 0.3) is 0 Å². The summed E-state index contributed by atoms with van der Waals surface area (Å²) in [6.07, 6.45) is 4.63. The average molecular weight is 413 g/mol. The highest BCUT2D eigenvalue weighted by Gasteiger charge is 2.40. The molecule has 0 unspecified atom stereocenters. The molecule has 2 aliphatic carbocycles. The topological polar surface area (TPSA) is 66.5 Å². The molecule has 2 aliphatic rings. The lowest BCUT2D eigenvalue weighted by Gasteiger charge is -2.28. The first-order chi connectivity index (χ1) is 13.8. The van der Waals surface area contributed by atoms with Crippen LogP contribution in [0.3, 0.4) is 0 Å². The summed E-state index contributed by atoms with van der Waals surface area (Å²) in [5.41, 5.74) is 2.34. The second-order valence-electron chi connectivity index (χ2n) is 8.46. The van der Waals surface area contributed by atoms with Gasteiger partial charge >= 0.3 is 0 Å². The lowest BCUT2D eigenvalue weighted by molar-refractivity contribution is -0.120. The van der Waals surface area contributed by atoms with Crippen LogP contribution in [-0.2, 0) is 14.8 Å². The van der Waals surface area contributed by atoms with Crippen molar-refractivity contribution in [3.8, 4) is 0 Å². The number of benzene rings is 2. The summed E-state index contributed by atoms with van der Waals surface area (Å²) in [7, 11) is -3.86. The number of sulfonamides is 1. The minimum atomic E-state index is -3.86. The van der Waals surface area contributed by atoms with E-state index < -0.39 is 10.0 Å². The van der Waals surface area contributed by atoms with Crippen molar-refractivity contribution in [1.29, 1.82) is 0 Å². The number of para-hydroxylation sites is 1. The highest BCUT2D eigenvalue weighted by molar-refractivity contribution is 7.92. The summed E-state index contributed by atoms with van der Waals surface area (Å²) < 4.78 is 28.1. The van der Waals surface area contributed by atoms with E-state index in [9.17, 15) is 13.2 Å². The van der Waals surface area contributed by atoms with E-state index >= 15 is 0 Å². The molecule has 29 heavy (non-hydrogen) atoms. The van der Waals surface area contributed by atoms with Gasteiger partial charge < -0.3 is 5.32 Å². The Kier molecular flexibility index (Phi) is 5.38. The Morgan fingerprint density at radius 3 is 2.38 bits per heavy atom. The zero-order valence-electron chi connectivity index (χ0n) is 17.0. The van der Waals surface area contributed by atoms with Gasteiger partial charge in [0.25, 0.3) is 10.0 Å². The molecule has 0 aromatic heterocycles. The van der Waals surface area contributed by atoms with Crippen LogP contribution in [-0.4, -0.2) is 26.9 Å². The van der Waals surface area contributed by atoms with Crippen LogP contribution in [0.5, 0.6) is 0 Å². The largest absolute Gasteiger partial charge is 0.352 e. The highest BCUT2D eigenvalue weighted by Crippen LogP contribution is 2.44. The van der Waals surface area contributed by atoms with Crippen LogP contribution in [0.2, 0.25) is 0 Å². The minimum absolute atomic E-state index is 0.182. The number of carbonyl (C=O) groups excluding carboxylic acids is 1. The van der Waals surface area contributed by atoms with Crippen molar-refractivity contribution >= 4 is 21.6 Å². The van der Waals surface area contributed by atoms with Crippen LogP contribution in [0, 0.1) is 25.7 Å². The van der Waals surface area contributed by atoms with E-state index in [1.165, 1.54) is 23.6 Å². The Bertz CT molecular complexity index is 1000. The van der Waals surface area contributed by atoms with Gasteiger partial charge in [0.05, 0.1) is 10.6 Å². The fraction of sp³-hybridized carbons (Fsp3) is 0.435. The van der Waals surface area contributed by atoms with Crippen LogP contribution in [0.15, 0.2) is 53.4 Å². The standard InChI is InChI=1S/C23H28N2O3S/c1-16-7-11-20(12-8-16)29(27,28)25(22-6-4-3-5-17(22)2)15-23(26)24-21-14-18-9-10-19(21)13-18/h3-8,11-12,18-19,21H,9-10,13-15H2,1-2H3,(H,24,26)/t18-,19-,21-/m1/s1. The van der Waals surface area contributed by atoms with Gasteiger partial charge in [-0.2, -0.15) is 0 Å². The van der Waals surface area contributed by atoms with Crippen LogP contribution in [0.4, 0.5) is 5.69 Å². The van der Waals surface area contributed by atoms with Crippen molar-refractivity contribution in [2.24, 2.45) is 11.8 Å². The van der Waals surface area contributed by atoms with E-state index in [-0.39, 0.29) is 23.4 Å². The number of nitrogens with zero attached hydrogens (tertiary/aromatic N) is 1. The Hall–Kier alpha value is -2.34. The zero-order chi connectivity index (χ0) is 20.6. The molecule has 1 N–H and O–H groups in total. The smallest absolute Gasteiger partial charge is 0.264 e. The van der Waals surface area contributed by atoms with Gasteiger partial charge in [0.2, 0.25) is 5.91 Å². The van der Waals surface area contributed by atoms with Crippen molar-refractivity contribution in [3.05, 3.63) is 59.7 Å². The molecule has 0 heterocycles. The van der Waals surface area contributed by atoms with Gasteiger partial charge in [-0.3, -0.25) is 9.10 Å². The van der Waals surface area contributed by atoms with E-state index in [1.54, 1.807) is 36.4 Å². The third-order valence-electron chi connectivity index (χ3n) is 6.36. The molecule has 0 aliphatic heterocycles. The SMILES string of the molecule is Cc1ccc(S(=O)(=O)N(CC(=O)N[C@@H]2C[C@@H]3CC[C@@H]2C3)c2ccccc2C)cc1. The molecule has 1 amide bonds. The van der Waals surface area contributed by atoms with Crippen molar-refractivity contribution < 1.29 is 13.2 Å². The Balaban J connectivity index is 1.61. The van der Waals surface area contributed by atoms with Crippen LogP contribution in [0.1, 0.15) is 36.8 Å². The van der Waals surface area contributed by atoms with Crippen LogP contribution >= 0.6 is 0 Å². The van der Waals surface area contributed by atoms with Gasteiger partial charge in [-0.05, 0) is 68.7 Å². The third-order valence-corrected chi connectivity index (χ3v) is 8.14. The maximum atomic E-state index is 13.4. The number of fused-ring (bicyclic) bond motifs is 2. The van der Waals surface area contributed by atoms with E-state index in [4.69, 9.17) is 0 Å². The van der Waals surface area contributed by atoms with E-state index in [0.717, 1.165) is 17.5 Å². The number of anilines is 1. The Morgan fingerprint density at radius 1 is 1.03 bits per heavy atom. The maximum Gasteiger partial charge on any atom is 0.264 e. The molecule has 5 nitrogen and oxygen atoms in total. The summed E-state index contributed by atoms with van der Waals surface area (Å²) in [5, 5.41) is 3.12. The Labute approximate surface area is 173 Å². The number of hydrogen-bond acceptors (Lipinski definition) is 3. The molecule has 0 saturated heterocycles. The number of amides is 1. The predicted molar refractivity (Wildman–Crippen MR) is 114 cm³/mol. The third kappa shape index (κ3) is 4.04. The first kappa shape index (κ1) is 20.0. The molecule has 2 aromatic carbocycles. The molecule has 2 bridgehead atoms. The van der Waals surface area contributed by atoms with Gasteiger partial charge in [0, 0.05) is 6.04 Å². The van der Waals surface area contributed by atoms with Crippen molar-refractivity contribution in [2.45, 2.75) is 50.5 Å². The number of carbonyl (C=O) groups is 1. The zero-order valence-corrected chi connectivity index (χ0v) is 17.8. The van der Waals surface area contributed by atoms with Crippen molar-refractivity contribution in [3.63, 3.8) is 0 Å². The van der Waals surface area contributed by atoms with E-state index in [0.29, 0.717) is 17.5 Å². The quantitative estimate of drug-likeness (QED) is 0.785. The van der Waals surface area contributed by atoms with Crippen LogP contribution < -0.4 is 9.62 Å². The lowest BCUT2D eigenvalue weighted by Crippen LogP contribution is -2.46. The number of rotatable bonds is 6. The van der Waals surface area contributed by atoms with Gasteiger partial charge in [-0.25, -0.2) is 8.42 Å². The second-order valence-corrected chi connectivity index (χ2v) is 10.3.